The highest BCUT2D eigenvalue weighted by Gasteiger charge is 2.21. The normalized spacial score (nSPS) is 14.4. The number of anilines is 1. The second kappa shape index (κ2) is 10.0. The van der Waals surface area contributed by atoms with Crippen molar-refractivity contribution in [1.82, 2.24) is 20.1 Å². The fraction of sp³-hybridized carbons (Fsp3) is 0.333. The molecule has 0 saturated carbocycles. The number of hydrogen-bond acceptors (Lipinski definition) is 5. The van der Waals surface area contributed by atoms with Crippen LogP contribution in [-0.4, -0.2) is 33.8 Å². The Labute approximate surface area is 181 Å². The number of carbonyl (C=O) groups excluding carboxylic acids is 1. The third-order valence-electron chi connectivity index (χ3n) is 5.66. The van der Waals surface area contributed by atoms with Crippen LogP contribution in [0.3, 0.4) is 0 Å². The number of pyridine rings is 1. The van der Waals surface area contributed by atoms with Gasteiger partial charge in [0.05, 0.1) is 0 Å². The lowest BCUT2D eigenvalue weighted by atomic mass is 9.90. The van der Waals surface area contributed by atoms with E-state index in [1.165, 1.54) is 16.3 Å². The Hall–Kier alpha value is -3.48. The fourth-order valence-corrected chi connectivity index (χ4v) is 3.93. The minimum atomic E-state index is -0.278. The molecule has 1 N–H and O–H groups in total. The van der Waals surface area contributed by atoms with Crippen molar-refractivity contribution in [2.45, 2.75) is 32.4 Å². The summed E-state index contributed by atoms with van der Waals surface area (Å²) in [6.45, 7) is 2.07. The van der Waals surface area contributed by atoms with Gasteiger partial charge in [0.15, 0.2) is 0 Å². The first-order chi connectivity index (χ1) is 15.2. The number of rotatable bonds is 7. The zero-order chi connectivity index (χ0) is 21.5. The molecular weight excluding hydrogens is 390 g/mol. The SMILES string of the molecule is O=C(Cn1nc(N2CCC(Cc3ccccc3)CC2)ccc1=O)NCc1cccnc1. The maximum Gasteiger partial charge on any atom is 0.267 e. The fourth-order valence-electron chi connectivity index (χ4n) is 3.93. The predicted molar refractivity (Wildman–Crippen MR) is 120 cm³/mol. The average molecular weight is 418 g/mol. The van der Waals surface area contributed by atoms with E-state index in [0.29, 0.717) is 12.5 Å². The highest BCUT2D eigenvalue weighted by Crippen LogP contribution is 2.24. The topological polar surface area (TPSA) is 80.1 Å². The summed E-state index contributed by atoms with van der Waals surface area (Å²) in [4.78, 5) is 30.7. The summed E-state index contributed by atoms with van der Waals surface area (Å²) in [6, 6.07) is 17.5. The summed E-state index contributed by atoms with van der Waals surface area (Å²) in [6.07, 6.45) is 6.65. The van der Waals surface area contributed by atoms with Crippen molar-refractivity contribution in [2.24, 2.45) is 5.92 Å². The van der Waals surface area contributed by atoms with Crippen LogP contribution in [0.2, 0.25) is 0 Å². The van der Waals surface area contributed by atoms with Crippen molar-refractivity contribution in [3.8, 4) is 0 Å². The molecule has 7 heteroatoms. The number of nitrogens with zero attached hydrogens (tertiary/aromatic N) is 4. The maximum absolute atomic E-state index is 12.3. The van der Waals surface area contributed by atoms with E-state index in [2.05, 4.69) is 44.6 Å². The minimum Gasteiger partial charge on any atom is -0.355 e. The van der Waals surface area contributed by atoms with Gasteiger partial charge in [0.1, 0.15) is 12.4 Å². The molecule has 1 aliphatic rings. The third kappa shape index (κ3) is 5.78. The smallest absolute Gasteiger partial charge is 0.267 e. The first-order valence-electron chi connectivity index (χ1n) is 10.7. The summed E-state index contributed by atoms with van der Waals surface area (Å²) in [5.41, 5.74) is 2.01. The number of aromatic nitrogens is 3. The molecule has 1 saturated heterocycles. The summed E-state index contributed by atoms with van der Waals surface area (Å²) in [5, 5.41) is 7.27. The van der Waals surface area contributed by atoms with Gasteiger partial charge in [-0.05, 0) is 48.4 Å². The molecule has 0 atom stereocenters. The van der Waals surface area contributed by atoms with Gasteiger partial charge in [-0.25, -0.2) is 4.68 Å². The predicted octanol–water partition coefficient (Wildman–Crippen LogP) is 2.41. The van der Waals surface area contributed by atoms with Crippen molar-refractivity contribution >= 4 is 11.7 Å². The number of nitrogens with one attached hydrogen (secondary N) is 1. The molecule has 2 aromatic heterocycles. The van der Waals surface area contributed by atoms with Crippen LogP contribution in [0, 0.1) is 5.92 Å². The lowest BCUT2D eigenvalue weighted by molar-refractivity contribution is -0.122. The second-order valence-corrected chi connectivity index (χ2v) is 7.95. The highest BCUT2D eigenvalue weighted by atomic mass is 16.2. The van der Waals surface area contributed by atoms with Gasteiger partial charge in [0, 0.05) is 38.1 Å². The van der Waals surface area contributed by atoms with Crippen molar-refractivity contribution in [3.05, 3.63) is 88.5 Å². The van der Waals surface area contributed by atoms with Gasteiger partial charge in [-0.1, -0.05) is 36.4 Å². The van der Waals surface area contributed by atoms with E-state index >= 15 is 0 Å². The Bertz CT molecular complexity index is 1040. The molecule has 160 valence electrons. The third-order valence-corrected chi connectivity index (χ3v) is 5.66. The van der Waals surface area contributed by atoms with Gasteiger partial charge in [-0.2, -0.15) is 5.10 Å². The van der Waals surface area contributed by atoms with Crippen LogP contribution in [-0.2, 0) is 24.3 Å². The zero-order valence-electron chi connectivity index (χ0n) is 17.5. The lowest BCUT2D eigenvalue weighted by Crippen LogP contribution is -2.38. The van der Waals surface area contributed by atoms with E-state index in [9.17, 15) is 9.59 Å². The van der Waals surface area contributed by atoms with Gasteiger partial charge >= 0.3 is 0 Å². The number of carbonyl (C=O) groups is 1. The molecule has 0 bridgehead atoms. The van der Waals surface area contributed by atoms with Crippen LogP contribution >= 0.6 is 0 Å². The van der Waals surface area contributed by atoms with Crippen LogP contribution in [0.5, 0.6) is 0 Å². The molecule has 0 spiro atoms. The molecule has 31 heavy (non-hydrogen) atoms. The number of piperidine rings is 1. The van der Waals surface area contributed by atoms with Crippen LogP contribution in [0.4, 0.5) is 5.82 Å². The lowest BCUT2D eigenvalue weighted by Gasteiger charge is -2.33. The molecule has 0 aliphatic carbocycles. The van der Waals surface area contributed by atoms with Gasteiger partial charge in [0.25, 0.3) is 5.56 Å². The largest absolute Gasteiger partial charge is 0.355 e. The molecule has 1 aromatic carbocycles. The Morgan fingerprint density at radius 2 is 1.77 bits per heavy atom. The monoisotopic (exact) mass is 417 g/mol. The zero-order valence-corrected chi connectivity index (χ0v) is 17.5. The van der Waals surface area contributed by atoms with E-state index in [-0.39, 0.29) is 18.0 Å². The first-order valence-corrected chi connectivity index (χ1v) is 10.7. The van der Waals surface area contributed by atoms with E-state index in [0.717, 1.165) is 43.7 Å². The molecule has 7 nitrogen and oxygen atoms in total. The summed E-state index contributed by atoms with van der Waals surface area (Å²) in [5.74, 6) is 1.15. The van der Waals surface area contributed by atoms with E-state index < -0.39 is 0 Å². The van der Waals surface area contributed by atoms with Gasteiger partial charge in [-0.15, -0.1) is 0 Å². The minimum absolute atomic E-state index is 0.0998. The quantitative estimate of drug-likeness (QED) is 0.639. The van der Waals surface area contributed by atoms with Crippen LogP contribution in [0.25, 0.3) is 0 Å². The Morgan fingerprint density at radius 3 is 2.52 bits per heavy atom. The maximum atomic E-state index is 12.3. The number of benzene rings is 1. The second-order valence-electron chi connectivity index (χ2n) is 7.95. The molecule has 0 unspecified atom stereocenters. The van der Waals surface area contributed by atoms with Gasteiger partial charge < -0.3 is 10.2 Å². The summed E-state index contributed by atoms with van der Waals surface area (Å²) >= 11 is 0. The first kappa shape index (κ1) is 20.8. The van der Waals surface area contributed by atoms with Crippen LogP contribution in [0.15, 0.2) is 71.8 Å². The van der Waals surface area contributed by atoms with E-state index in [4.69, 9.17) is 0 Å². The molecule has 1 aliphatic heterocycles. The van der Waals surface area contributed by atoms with Gasteiger partial charge in [-0.3, -0.25) is 14.6 Å². The van der Waals surface area contributed by atoms with E-state index in [1.54, 1.807) is 18.5 Å². The van der Waals surface area contributed by atoms with Crippen molar-refractivity contribution in [1.29, 1.82) is 0 Å². The number of hydrogen-bond donors (Lipinski definition) is 1. The Balaban J connectivity index is 1.32. The Morgan fingerprint density at radius 1 is 1.00 bits per heavy atom. The van der Waals surface area contributed by atoms with Crippen molar-refractivity contribution in [2.75, 3.05) is 18.0 Å². The molecule has 3 aromatic rings. The number of amides is 1. The molecule has 1 fully saturated rings. The van der Waals surface area contributed by atoms with E-state index in [1.807, 2.05) is 18.2 Å². The highest BCUT2D eigenvalue weighted by molar-refractivity contribution is 5.75. The summed E-state index contributed by atoms with van der Waals surface area (Å²) in [7, 11) is 0. The molecule has 0 radical (unpaired) electrons. The standard InChI is InChI=1S/C24H27N5O2/c30-23(26-17-21-7-4-12-25-16-21)18-29-24(31)9-8-22(27-29)28-13-10-20(11-14-28)15-19-5-2-1-3-6-19/h1-9,12,16,20H,10-11,13-15,17-18H2,(H,26,30). The molecule has 4 rings (SSSR count). The molecular formula is C24H27N5O2. The average Bonchev–Trinajstić information content (AvgIpc) is 2.81. The van der Waals surface area contributed by atoms with Gasteiger partial charge in [0.2, 0.25) is 5.91 Å². The molecule has 3 heterocycles. The van der Waals surface area contributed by atoms with Crippen molar-refractivity contribution in [3.63, 3.8) is 0 Å². The van der Waals surface area contributed by atoms with Crippen LogP contribution < -0.4 is 15.8 Å². The van der Waals surface area contributed by atoms with Crippen molar-refractivity contribution < 1.29 is 4.79 Å². The van der Waals surface area contributed by atoms with Crippen LogP contribution in [0.1, 0.15) is 24.0 Å². The molecule has 1 amide bonds. The summed E-state index contributed by atoms with van der Waals surface area (Å²) < 4.78 is 1.24. The Kier molecular flexibility index (Phi) is 6.72.